The van der Waals surface area contributed by atoms with Gasteiger partial charge >= 0.3 is 6.09 Å². The minimum absolute atomic E-state index is 0.228. The molecule has 7 nitrogen and oxygen atoms in total. The Morgan fingerprint density at radius 1 is 1.23 bits per heavy atom. The van der Waals surface area contributed by atoms with E-state index in [9.17, 15) is 4.79 Å². The molecule has 7 heteroatoms. The molecule has 0 radical (unpaired) electrons. The van der Waals surface area contributed by atoms with Crippen molar-refractivity contribution >= 4 is 12.1 Å². The van der Waals surface area contributed by atoms with Crippen molar-refractivity contribution in [3.05, 3.63) is 29.8 Å². The SMILES string of the molecule is CCOC(=O)N1CCN(C(=NC)NCCCc2cccc(OC)c2)CC1. The zero-order valence-electron chi connectivity index (χ0n) is 16.0. The van der Waals surface area contributed by atoms with Crippen LogP contribution in [-0.2, 0) is 11.2 Å². The van der Waals surface area contributed by atoms with Crippen LogP contribution in [0.5, 0.6) is 5.75 Å². The van der Waals surface area contributed by atoms with Crippen molar-refractivity contribution in [2.24, 2.45) is 4.99 Å². The highest BCUT2D eigenvalue weighted by Gasteiger charge is 2.23. The summed E-state index contributed by atoms with van der Waals surface area (Å²) in [6, 6.07) is 8.17. The molecular formula is C19H30N4O3. The summed E-state index contributed by atoms with van der Waals surface area (Å²) in [4.78, 5) is 20.1. The molecule has 1 amide bonds. The number of benzene rings is 1. The molecule has 1 heterocycles. The van der Waals surface area contributed by atoms with Crippen LogP contribution in [0.4, 0.5) is 4.79 Å². The molecule has 1 N–H and O–H groups in total. The number of aliphatic imine (C=N–C) groups is 1. The van der Waals surface area contributed by atoms with Crippen LogP contribution < -0.4 is 10.1 Å². The summed E-state index contributed by atoms with van der Waals surface area (Å²) in [5, 5.41) is 3.42. The van der Waals surface area contributed by atoms with Crippen LogP contribution in [0.15, 0.2) is 29.3 Å². The second-order valence-electron chi connectivity index (χ2n) is 6.10. The maximum atomic E-state index is 11.8. The Kier molecular flexibility index (Phi) is 8.05. The molecule has 144 valence electrons. The lowest BCUT2D eigenvalue weighted by molar-refractivity contribution is 0.0914. The van der Waals surface area contributed by atoms with E-state index in [1.807, 2.05) is 19.1 Å². The number of aryl methyl sites for hydroxylation is 1. The van der Waals surface area contributed by atoms with Crippen molar-refractivity contribution < 1.29 is 14.3 Å². The fraction of sp³-hybridized carbons (Fsp3) is 0.579. The minimum atomic E-state index is -0.228. The molecule has 0 atom stereocenters. The van der Waals surface area contributed by atoms with Gasteiger partial charge in [-0.3, -0.25) is 4.99 Å². The molecule has 0 spiro atoms. The van der Waals surface area contributed by atoms with E-state index < -0.39 is 0 Å². The standard InChI is InChI=1S/C19H30N4O3/c1-4-26-19(24)23-13-11-22(12-14-23)18(20-2)21-10-6-8-16-7-5-9-17(15-16)25-3/h5,7,9,15H,4,6,8,10-14H2,1-3H3,(H,20,21). The second kappa shape index (κ2) is 10.5. The first-order valence-corrected chi connectivity index (χ1v) is 9.18. The quantitative estimate of drug-likeness (QED) is 0.476. The lowest BCUT2D eigenvalue weighted by Gasteiger charge is -2.35. The molecule has 0 aromatic heterocycles. The Morgan fingerprint density at radius 3 is 2.62 bits per heavy atom. The number of nitrogens with one attached hydrogen (secondary N) is 1. The van der Waals surface area contributed by atoms with E-state index in [1.165, 1.54) is 5.56 Å². The molecule has 0 unspecified atom stereocenters. The van der Waals surface area contributed by atoms with Crippen molar-refractivity contribution in [1.82, 2.24) is 15.1 Å². The van der Waals surface area contributed by atoms with Crippen molar-refractivity contribution in [2.75, 3.05) is 53.5 Å². The van der Waals surface area contributed by atoms with Crippen LogP contribution in [0.3, 0.4) is 0 Å². The van der Waals surface area contributed by atoms with Crippen LogP contribution in [0.2, 0.25) is 0 Å². The van der Waals surface area contributed by atoms with E-state index in [0.29, 0.717) is 19.7 Å². The Morgan fingerprint density at radius 2 is 1.96 bits per heavy atom. The second-order valence-corrected chi connectivity index (χ2v) is 6.10. The summed E-state index contributed by atoms with van der Waals surface area (Å²) in [5.74, 6) is 1.78. The summed E-state index contributed by atoms with van der Waals surface area (Å²) >= 11 is 0. The summed E-state index contributed by atoms with van der Waals surface area (Å²) < 4.78 is 10.3. The number of guanidine groups is 1. The van der Waals surface area contributed by atoms with Crippen LogP contribution >= 0.6 is 0 Å². The van der Waals surface area contributed by atoms with Gasteiger partial charge in [0.05, 0.1) is 13.7 Å². The summed E-state index contributed by atoms with van der Waals surface area (Å²) in [7, 11) is 3.48. The Hall–Kier alpha value is -2.44. The highest BCUT2D eigenvalue weighted by Crippen LogP contribution is 2.13. The van der Waals surface area contributed by atoms with Gasteiger partial charge < -0.3 is 24.6 Å². The van der Waals surface area contributed by atoms with E-state index >= 15 is 0 Å². The van der Waals surface area contributed by atoms with Gasteiger partial charge in [-0.25, -0.2) is 4.79 Å². The zero-order valence-corrected chi connectivity index (χ0v) is 16.0. The fourth-order valence-electron chi connectivity index (χ4n) is 2.97. The monoisotopic (exact) mass is 362 g/mol. The largest absolute Gasteiger partial charge is 0.497 e. The van der Waals surface area contributed by atoms with Crippen LogP contribution in [0, 0.1) is 0 Å². The van der Waals surface area contributed by atoms with Gasteiger partial charge in [-0.15, -0.1) is 0 Å². The Balaban J connectivity index is 1.72. The van der Waals surface area contributed by atoms with Crippen LogP contribution in [0.25, 0.3) is 0 Å². The molecule has 0 bridgehead atoms. The lowest BCUT2D eigenvalue weighted by Crippen LogP contribution is -2.54. The van der Waals surface area contributed by atoms with Gasteiger partial charge in [-0.1, -0.05) is 12.1 Å². The van der Waals surface area contributed by atoms with Gasteiger partial charge in [-0.05, 0) is 37.5 Å². The van der Waals surface area contributed by atoms with Crippen LogP contribution in [0.1, 0.15) is 18.9 Å². The number of carbonyl (C=O) groups is 1. The maximum Gasteiger partial charge on any atom is 0.409 e. The highest BCUT2D eigenvalue weighted by molar-refractivity contribution is 5.80. The van der Waals surface area contributed by atoms with Gasteiger partial charge in [0, 0.05) is 39.8 Å². The highest BCUT2D eigenvalue weighted by atomic mass is 16.6. The number of rotatable bonds is 6. The Labute approximate surface area is 156 Å². The number of amides is 1. The van der Waals surface area contributed by atoms with E-state index in [4.69, 9.17) is 9.47 Å². The number of carbonyl (C=O) groups excluding carboxylic acids is 1. The average Bonchev–Trinajstić information content (AvgIpc) is 2.68. The van der Waals surface area contributed by atoms with E-state index in [2.05, 4.69) is 27.3 Å². The van der Waals surface area contributed by atoms with E-state index in [0.717, 1.165) is 44.2 Å². The van der Waals surface area contributed by atoms with Crippen molar-refractivity contribution in [2.45, 2.75) is 19.8 Å². The number of hydrogen-bond acceptors (Lipinski definition) is 4. The van der Waals surface area contributed by atoms with E-state index in [1.54, 1.807) is 19.1 Å². The number of ether oxygens (including phenoxy) is 2. The molecule has 1 saturated heterocycles. The van der Waals surface area contributed by atoms with E-state index in [-0.39, 0.29) is 6.09 Å². The number of nitrogens with zero attached hydrogens (tertiary/aromatic N) is 3. The topological polar surface area (TPSA) is 66.4 Å². The fourth-order valence-corrected chi connectivity index (χ4v) is 2.97. The first kappa shape index (κ1) is 19.9. The third kappa shape index (κ3) is 5.82. The number of methoxy groups -OCH3 is 1. The zero-order chi connectivity index (χ0) is 18.8. The maximum absolute atomic E-state index is 11.8. The molecule has 1 aliphatic rings. The third-order valence-electron chi connectivity index (χ3n) is 4.38. The van der Waals surface area contributed by atoms with Gasteiger partial charge in [-0.2, -0.15) is 0 Å². The van der Waals surface area contributed by atoms with Crippen molar-refractivity contribution in [1.29, 1.82) is 0 Å². The normalized spacial score (nSPS) is 15.0. The summed E-state index contributed by atoms with van der Waals surface area (Å²) in [5.41, 5.74) is 1.27. The van der Waals surface area contributed by atoms with Crippen molar-refractivity contribution in [3.8, 4) is 5.75 Å². The predicted molar refractivity (Wildman–Crippen MR) is 103 cm³/mol. The van der Waals surface area contributed by atoms with Gasteiger partial charge in [0.15, 0.2) is 5.96 Å². The Bertz CT molecular complexity index is 598. The smallest absolute Gasteiger partial charge is 0.409 e. The third-order valence-corrected chi connectivity index (χ3v) is 4.38. The molecule has 26 heavy (non-hydrogen) atoms. The van der Waals surface area contributed by atoms with Crippen molar-refractivity contribution in [3.63, 3.8) is 0 Å². The molecule has 2 rings (SSSR count). The number of piperazine rings is 1. The first-order chi connectivity index (χ1) is 12.7. The summed E-state index contributed by atoms with van der Waals surface area (Å²) in [6.07, 6.45) is 1.76. The molecule has 1 aliphatic heterocycles. The minimum Gasteiger partial charge on any atom is -0.497 e. The molecule has 0 aliphatic carbocycles. The predicted octanol–water partition coefficient (Wildman–Crippen LogP) is 1.98. The average molecular weight is 362 g/mol. The lowest BCUT2D eigenvalue weighted by atomic mass is 10.1. The molecule has 1 aromatic rings. The molecular weight excluding hydrogens is 332 g/mol. The van der Waals surface area contributed by atoms with Gasteiger partial charge in [0.2, 0.25) is 0 Å². The molecule has 1 fully saturated rings. The number of hydrogen-bond donors (Lipinski definition) is 1. The molecule has 1 aromatic carbocycles. The van der Waals surface area contributed by atoms with Gasteiger partial charge in [0.1, 0.15) is 5.75 Å². The molecule has 0 saturated carbocycles. The van der Waals surface area contributed by atoms with Crippen LogP contribution in [-0.4, -0.2) is 75.3 Å². The van der Waals surface area contributed by atoms with Gasteiger partial charge in [0.25, 0.3) is 0 Å². The first-order valence-electron chi connectivity index (χ1n) is 9.18. The summed E-state index contributed by atoms with van der Waals surface area (Å²) in [6.45, 7) is 5.92.